The van der Waals surface area contributed by atoms with E-state index in [1.54, 1.807) is 7.11 Å². The van der Waals surface area contributed by atoms with E-state index < -0.39 is 17.1 Å². The minimum atomic E-state index is -0.983. The van der Waals surface area contributed by atoms with E-state index in [9.17, 15) is 9.90 Å². The SMILES string of the molecule is COc1ccc2c3c1O[C@H]1C(=O)CC[C@@]4(O)[C@@H](C2)N(CCl)CC[C@]314. The highest BCUT2D eigenvalue weighted by Crippen LogP contribution is 2.64. The highest BCUT2D eigenvalue weighted by Gasteiger charge is 2.73. The van der Waals surface area contributed by atoms with Crippen molar-refractivity contribution in [2.75, 3.05) is 19.7 Å². The number of piperidine rings is 1. The smallest absolute Gasteiger partial charge is 0.174 e. The molecule has 128 valence electrons. The molecule has 24 heavy (non-hydrogen) atoms. The molecule has 2 aliphatic heterocycles. The predicted molar refractivity (Wildman–Crippen MR) is 87.8 cm³/mol. The van der Waals surface area contributed by atoms with Gasteiger partial charge in [-0.05, 0) is 30.9 Å². The number of halogens is 1. The van der Waals surface area contributed by atoms with E-state index in [1.165, 1.54) is 0 Å². The van der Waals surface area contributed by atoms with Crippen LogP contribution >= 0.6 is 11.6 Å². The molecular formula is C18H20ClNO4. The molecule has 1 aromatic carbocycles. The summed E-state index contributed by atoms with van der Waals surface area (Å²) in [7, 11) is 1.61. The van der Waals surface area contributed by atoms with Crippen LogP contribution in [0, 0.1) is 0 Å². The number of likely N-dealkylation sites (tertiary alicyclic amines) is 1. The third kappa shape index (κ3) is 1.44. The van der Waals surface area contributed by atoms with Gasteiger partial charge in [0.1, 0.15) is 0 Å². The van der Waals surface area contributed by atoms with E-state index in [0.29, 0.717) is 36.8 Å². The summed E-state index contributed by atoms with van der Waals surface area (Å²) in [6.45, 7) is 0.764. The molecule has 0 aromatic heterocycles. The van der Waals surface area contributed by atoms with Crippen LogP contribution < -0.4 is 9.47 Å². The van der Waals surface area contributed by atoms with Gasteiger partial charge < -0.3 is 14.6 Å². The molecule has 2 bridgehead atoms. The molecule has 1 saturated carbocycles. The lowest BCUT2D eigenvalue weighted by molar-refractivity contribution is -0.186. The maximum absolute atomic E-state index is 12.7. The van der Waals surface area contributed by atoms with E-state index in [2.05, 4.69) is 11.0 Å². The molecule has 4 aliphatic rings. The average Bonchev–Trinajstić information content (AvgIpc) is 2.93. The molecule has 2 aliphatic carbocycles. The maximum Gasteiger partial charge on any atom is 0.174 e. The van der Waals surface area contributed by atoms with Crippen LogP contribution in [-0.2, 0) is 16.6 Å². The molecule has 6 heteroatoms. The molecule has 0 radical (unpaired) electrons. The van der Waals surface area contributed by atoms with Gasteiger partial charge in [-0.25, -0.2) is 0 Å². The van der Waals surface area contributed by atoms with Crippen molar-refractivity contribution < 1.29 is 19.4 Å². The number of methoxy groups -OCH3 is 1. The Bertz CT molecular complexity index is 753. The Balaban J connectivity index is 1.82. The summed E-state index contributed by atoms with van der Waals surface area (Å²) in [5, 5.41) is 11.8. The van der Waals surface area contributed by atoms with Crippen LogP contribution in [0.3, 0.4) is 0 Å². The van der Waals surface area contributed by atoms with Crippen molar-refractivity contribution in [3.05, 3.63) is 23.3 Å². The number of aliphatic hydroxyl groups is 1. The number of Topliss-reactive ketones (excluding diaryl/α,β-unsaturated/α-hetero) is 1. The van der Waals surface area contributed by atoms with Gasteiger partial charge in [0.05, 0.1) is 24.1 Å². The first-order valence-electron chi connectivity index (χ1n) is 8.49. The van der Waals surface area contributed by atoms with E-state index in [4.69, 9.17) is 21.1 Å². The predicted octanol–water partition coefficient (Wildman–Crippen LogP) is 1.61. The second kappa shape index (κ2) is 4.65. The molecule has 0 amide bonds. The van der Waals surface area contributed by atoms with E-state index >= 15 is 0 Å². The number of carbonyl (C=O) groups is 1. The second-order valence-corrected chi connectivity index (χ2v) is 7.63. The van der Waals surface area contributed by atoms with Gasteiger partial charge in [-0.1, -0.05) is 6.07 Å². The lowest BCUT2D eigenvalue weighted by Gasteiger charge is -2.62. The number of alkyl halides is 1. The number of carbonyl (C=O) groups excluding carboxylic acids is 1. The first-order valence-corrected chi connectivity index (χ1v) is 9.02. The van der Waals surface area contributed by atoms with Crippen molar-refractivity contribution in [3.63, 3.8) is 0 Å². The fourth-order valence-corrected chi connectivity index (χ4v) is 5.99. The van der Waals surface area contributed by atoms with Gasteiger partial charge in [0.2, 0.25) is 0 Å². The number of ether oxygens (including phenoxy) is 2. The number of benzene rings is 1. The van der Waals surface area contributed by atoms with Gasteiger partial charge in [0, 0.05) is 24.6 Å². The Kier molecular flexibility index (Phi) is 2.91. The summed E-state index contributed by atoms with van der Waals surface area (Å²) in [6.07, 6.45) is 1.61. The summed E-state index contributed by atoms with van der Waals surface area (Å²) < 4.78 is 11.6. The molecule has 2 heterocycles. The number of hydrogen-bond donors (Lipinski definition) is 1. The van der Waals surface area contributed by atoms with Gasteiger partial charge in [-0.2, -0.15) is 0 Å². The Hall–Kier alpha value is -1.30. The molecule has 1 N–H and O–H groups in total. The van der Waals surface area contributed by atoms with Gasteiger partial charge in [-0.3, -0.25) is 9.69 Å². The van der Waals surface area contributed by atoms with Crippen molar-refractivity contribution in [1.82, 2.24) is 4.90 Å². The normalized spacial score (nSPS) is 39.4. The van der Waals surface area contributed by atoms with Crippen molar-refractivity contribution in [2.24, 2.45) is 0 Å². The summed E-state index contributed by atoms with van der Waals surface area (Å²) in [4.78, 5) is 14.8. The molecule has 1 spiro atoms. The largest absolute Gasteiger partial charge is 0.493 e. The molecule has 1 aromatic rings. The van der Waals surface area contributed by atoms with Gasteiger partial charge in [0.25, 0.3) is 0 Å². The number of nitrogens with zero attached hydrogens (tertiary/aromatic N) is 1. The van der Waals surface area contributed by atoms with Crippen molar-refractivity contribution in [3.8, 4) is 11.5 Å². The van der Waals surface area contributed by atoms with E-state index in [1.807, 2.05) is 6.07 Å². The molecule has 4 atom stereocenters. The zero-order valence-corrected chi connectivity index (χ0v) is 14.3. The van der Waals surface area contributed by atoms with Gasteiger partial charge >= 0.3 is 0 Å². The van der Waals surface area contributed by atoms with E-state index in [-0.39, 0.29) is 11.8 Å². The first-order chi connectivity index (χ1) is 11.6. The lowest BCUT2D eigenvalue weighted by atomic mass is 9.49. The lowest BCUT2D eigenvalue weighted by Crippen LogP contribution is -2.76. The Labute approximate surface area is 145 Å². The molecule has 0 unspecified atom stereocenters. The molecule has 5 rings (SSSR count). The molecule has 1 saturated heterocycles. The summed E-state index contributed by atoms with van der Waals surface area (Å²) in [6, 6.07) is 4.27. The number of hydrogen-bond acceptors (Lipinski definition) is 5. The Morgan fingerprint density at radius 1 is 1.46 bits per heavy atom. The van der Waals surface area contributed by atoms with Crippen LogP contribution in [0.1, 0.15) is 30.4 Å². The summed E-state index contributed by atoms with van der Waals surface area (Å²) in [5.41, 5.74) is 0.511. The van der Waals surface area contributed by atoms with Crippen LogP contribution in [0.25, 0.3) is 0 Å². The van der Waals surface area contributed by atoms with Crippen LogP contribution in [0.5, 0.6) is 11.5 Å². The van der Waals surface area contributed by atoms with Crippen LogP contribution in [0.15, 0.2) is 12.1 Å². The van der Waals surface area contributed by atoms with E-state index in [0.717, 1.165) is 24.1 Å². The highest BCUT2D eigenvalue weighted by atomic mass is 35.5. The molecule has 2 fully saturated rings. The zero-order valence-electron chi connectivity index (χ0n) is 13.5. The first kappa shape index (κ1) is 15.0. The highest BCUT2D eigenvalue weighted by molar-refractivity contribution is 6.17. The van der Waals surface area contributed by atoms with Crippen molar-refractivity contribution in [2.45, 2.75) is 48.8 Å². The quantitative estimate of drug-likeness (QED) is 0.649. The standard InChI is InChI=1S/C18H20ClNO4/c1-23-12-3-2-10-8-13-18(22)5-4-11(21)16-17(18,6-7-20(13)9-19)14(10)15(12)24-16/h2-3,13,16,22H,4-9H2,1H3/t13-,16+,17+,18-/m1/s1. The van der Waals surface area contributed by atoms with Gasteiger partial charge in [-0.15, -0.1) is 11.6 Å². The third-order valence-electron chi connectivity index (χ3n) is 6.73. The van der Waals surface area contributed by atoms with Crippen LogP contribution in [0.4, 0.5) is 0 Å². The van der Waals surface area contributed by atoms with Crippen LogP contribution in [0.2, 0.25) is 0 Å². The molecule has 5 nitrogen and oxygen atoms in total. The Morgan fingerprint density at radius 2 is 2.29 bits per heavy atom. The fourth-order valence-electron chi connectivity index (χ4n) is 5.71. The van der Waals surface area contributed by atoms with Gasteiger partial charge in [0.15, 0.2) is 23.4 Å². The third-order valence-corrected chi connectivity index (χ3v) is 7.03. The molecular weight excluding hydrogens is 330 g/mol. The Morgan fingerprint density at radius 3 is 3.04 bits per heavy atom. The number of ketones is 1. The van der Waals surface area contributed by atoms with Crippen LogP contribution in [-0.4, -0.2) is 53.2 Å². The minimum absolute atomic E-state index is 0.0743. The second-order valence-electron chi connectivity index (χ2n) is 7.39. The minimum Gasteiger partial charge on any atom is -0.493 e. The topological polar surface area (TPSA) is 59.0 Å². The average molecular weight is 350 g/mol. The fraction of sp³-hybridized carbons (Fsp3) is 0.611. The van der Waals surface area contributed by atoms with Crippen molar-refractivity contribution in [1.29, 1.82) is 0 Å². The van der Waals surface area contributed by atoms with Crippen molar-refractivity contribution >= 4 is 17.4 Å². The summed E-state index contributed by atoms with van der Waals surface area (Å²) in [5.74, 6) is 1.39. The monoisotopic (exact) mass is 349 g/mol. The summed E-state index contributed by atoms with van der Waals surface area (Å²) >= 11 is 6.17. The maximum atomic E-state index is 12.7. The zero-order chi connectivity index (χ0) is 16.7. The number of rotatable bonds is 2.